The molecule has 0 saturated carbocycles. The molecule has 2 heterocycles. The van der Waals surface area contributed by atoms with Gasteiger partial charge in [-0.05, 0) is 68.1 Å². The zero-order valence-electron chi connectivity index (χ0n) is 18.5. The lowest BCUT2D eigenvalue weighted by molar-refractivity contribution is 0.208. The largest absolute Gasteiger partial charge is 0.381 e. The number of anilines is 2. The van der Waals surface area contributed by atoms with Crippen LogP contribution in [0.2, 0.25) is 0 Å². The summed E-state index contributed by atoms with van der Waals surface area (Å²) in [6.45, 7) is 7.23. The molecular formula is C24H33N5OS. The Balaban J connectivity index is 1.36. The second-order valence-electron chi connectivity index (χ2n) is 8.55. The van der Waals surface area contributed by atoms with E-state index in [1.165, 1.54) is 18.4 Å². The number of aryl methyl sites for hydroxylation is 1. The summed E-state index contributed by atoms with van der Waals surface area (Å²) in [6.07, 6.45) is 6.27. The number of unbranched alkanes of at least 4 members (excludes halogenated alkanes) is 1. The van der Waals surface area contributed by atoms with E-state index in [9.17, 15) is 4.21 Å². The lowest BCUT2D eigenvalue weighted by Crippen LogP contribution is -2.41. The number of aromatic nitrogens is 2. The van der Waals surface area contributed by atoms with E-state index in [0.717, 1.165) is 60.3 Å². The number of likely N-dealkylation sites (tertiary alicyclic amines) is 1. The van der Waals surface area contributed by atoms with Crippen LogP contribution in [0, 0.1) is 6.92 Å². The zero-order chi connectivity index (χ0) is 21.6. The van der Waals surface area contributed by atoms with Crippen molar-refractivity contribution in [3.8, 4) is 0 Å². The van der Waals surface area contributed by atoms with Crippen molar-refractivity contribution in [1.82, 2.24) is 15.1 Å². The maximum absolute atomic E-state index is 12.3. The van der Waals surface area contributed by atoms with Gasteiger partial charge in [0.2, 0.25) is 0 Å². The first-order valence-electron chi connectivity index (χ1n) is 11.3. The number of piperidine rings is 1. The molecule has 166 valence electrons. The fourth-order valence-corrected chi connectivity index (χ4v) is 5.29. The third-order valence-corrected chi connectivity index (χ3v) is 7.04. The monoisotopic (exact) mass is 439 g/mol. The Morgan fingerprint density at radius 1 is 1.26 bits per heavy atom. The highest BCUT2D eigenvalue weighted by atomic mass is 32.2. The Labute approximate surface area is 187 Å². The van der Waals surface area contributed by atoms with Crippen molar-refractivity contribution >= 4 is 33.3 Å². The minimum atomic E-state index is -1.01. The third kappa shape index (κ3) is 5.86. The summed E-state index contributed by atoms with van der Waals surface area (Å²) in [4.78, 5) is 2.51. The van der Waals surface area contributed by atoms with Crippen molar-refractivity contribution in [2.75, 3.05) is 28.9 Å². The molecule has 2 aromatic carbocycles. The standard InChI is InChI=1S/C24H33N5OS/c1-3-4-12-31(30)28-24-13-19(8-7-18(24)2)16-29-11-5-6-22(17-29)26-21-9-10-23-20(14-21)15-25-27-23/h7-10,13-15,22,26,28H,3-6,11-12,16-17H2,1-2H3,(H,25,27)/t22-,31?/m0/s1. The molecule has 3 N–H and O–H groups in total. The minimum absolute atomic E-state index is 0.433. The van der Waals surface area contributed by atoms with Crippen molar-refractivity contribution in [3.63, 3.8) is 0 Å². The van der Waals surface area contributed by atoms with Crippen LogP contribution in [0.3, 0.4) is 0 Å². The summed E-state index contributed by atoms with van der Waals surface area (Å²) in [5.41, 5.74) is 5.61. The van der Waals surface area contributed by atoms with Crippen molar-refractivity contribution in [1.29, 1.82) is 0 Å². The Kier molecular flexibility index (Phi) is 7.25. The first-order valence-corrected chi connectivity index (χ1v) is 12.6. The molecule has 0 spiro atoms. The number of aromatic amines is 1. The molecule has 0 aliphatic carbocycles. The maximum Gasteiger partial charge on any atom is 0.117 e. The van der Waals surface area contributed by atoms with Crippen LogP contribution < -0.4 is 10.0 Å². The lowest BCUT2D eigenvalue weighted by Gasteiger charge is -2.34. The molecule has 0 amide bonds. The number of hydrogen-bond donors (Lipinski definition) is 3. The van der Waals surface area contributed by atoms with Crippen molar-refractivity contribution in [3.05, 3.63) is 53.7 Å². The molecule has 6 nitrogen and oxygen atoms in total. The number of nitrogens with zero attached hydrogens (tertiary/aromatic N) is 2. The van der Waals surface area contributed by atoms with Crippen molar-refractivity contribution < 1.29 is 4.21 Å². The van der Waals surface area contributed by atoms with Gasteiger partial charge in [-0.2, -0.15) is 5.10 Å². The smallest absolute Gasteiger partial charge is 0.117 e. The van der Waals surface area contributed by atoms with Crippen LogP contribution in [-0.4, -0.2) is 44.2 Å². The van der Waals surface area contributed by atoms with Gasteiger partial charge >= 0.3 is 0 Å². The SMILES string of the molecule is CCCCS(=O)Nc1cc(CN2CCC[C@H](Nc3ccc4[nH]ncc4c3)C2)ccc1C. The summed E-state index contributed by atoms with van der Waals surface area (Å²) in [5.74, 6) is 0.699. The van der Waals surface area contributed by atoms with E-state index in [1.54, 1.807) is 0 Å². The third-order valence-electron chi connectivity index (χ3n) is 5.93. The van der Waals surface area contributed by atoms with Gasteiger partial charge in [-0.15, -0.1) is 0 Å². The first kappa shape index (κ1) is 21.8. The zero-order valence-corrected chi connectivity index (χ0v) is 19.3. The molecule has 7 heteroatoms. The number of fused-ring (bicyclic) bond motifs is 1. The van der Waals surface area contributed by atoms with E-state index >= 15 is 0 Å². The molecule has 0 bridgehead atoms. The number of hydrogen-bond acceptors (Lipinski definition) is 4. The quantitative estimate of drug-likeness (QED) is 0.447. The molecule has 1 aliphatic heterocycles. The molecule has 1 fully saturated rings. The highest BCUT2D eigenvalue weighted by Crippen LogP contribution is 2.23. The van der Waals surface area contributed by atoms with Crippen LogP contribution in [0.4, 0.5) is 11.4 Å². The highest BCUT2D eigenvalue weighted by Gasteiger charge is 2.20. The fraction of sp³-hybridized carbons (Fsp3) is 0.458. The molecule has 3 aromatic rings. The second kappa shape index (κ2) is 10.3. The van der Waals surface area contributed by atoms with Crippen LogP contribution in [0.5, 0.6) is 0 Å². The minimum Gasteiger partial charge on any atom is -0.381 e. The fourth-order valence-electron chi connectivity index (χ4n) is 4.17. The van der Waals surface area contributed by atoms with Gasteiger partial charge in [0.15, 0.2) is 0 Å². The Morgan fingerprint density at radius 2 is 2.16 bits per heavy atom. The lowest BCUT2D eigenvalue weighted by atomic mass is 10.0. The Morgan fingerprint density at radius 3 is 3.03 bits per heavy atom. The van der Waals surface area contributed by atoms with Gasteiger partial charge in [-0.1, -0.05) is 25.5 Å². The van der Waals surface area contributed by atoms with E-state index in [0.29, 0.717) is 11.8 Å². The maximum atomic E-state index is 12.3. The van der Waals surface area contributed by atoms with Crippen LogP contribution in [0.15, 0.2) is 42.6 Å². The van der Waals surface area contributed by atoms with Gasteiger partial charge < -0.3 is 10.0 Å². The summed E-state index contributed by atoms with van der Waals surface area (Å²) >= 11 is 0. The average molecular weight is 440 g/mol. The molecule has 4 rings (SSSR count). The van der Waals surface area contributed by atoms with E-state index in [-0.39, 0.29) is 0 Å². The van der Waals surface area contributed by atoms with Crippen LogP contribution in [-0.2, 0) is 17.5 Å². The summed E-state index contributed by atoms with van der Waals surface area (Å²) in [6, 6.07) is 13.3. The predicted octanol–water partition coefficient (Wildman–Crippen LogP) is 4.82. The van der Waals surface area contributed by atoms with Gasteiger partial charge in [0.25, 0.3) is 0 Å². The summed E-state index contributed by atoms with van der Waals surface area (Å²) in [7, 11) is -1.01. The number of nitrogens with one attached hydrogen (secondary N) is 3. The summed E-state index contributed by atoms with van der Waals surface area (Å²) in [5, 5.41) is 12.0. The van der Waals surface area contributed by atoms with Crippen LogP contribution in [0.1, 0.15) is 43.7 Å². The molecule has 1 aliphatic rings. The molecule has 2 atom stereocenters. The second-order valence-corrected chi connectivity index (χ2v) is 9.85. The normalized spacial score (nSPS) is 18.2. The first-order chi connectivity index (χ1) is 15.1. The highest BCUT2D eigenvalue weighted by molar-refractivity contribution is 7.86. The Hall–Kier alpha value is -2.38. The average Bonchev–Trinajstić information content (AvgIpc) is 3.23. The van der Waals surface area contributed by atoms with E-state index in [2.05, 4.69) is 75.4 Å². The van der Waals surface area contributed by atoms with Gasteiger partial charge in [0, 0.05) is 41.6 Å². The summed E-state index contributed by atoms with van der Waals surface area (Å²) < 4.78 is 15.5. The predicted molar refractivity (Wildman–Crippen MR) is 131 cm³/mol. The van der Waals surface area contributed by atoms with E-state index in [1.807, 2.05) is 6.20 Å². The number of benzene rings is 2. The molecule has 1 aromatic heterocycles. The van der Waals surface area contributed by atoms with Gasteiger partial charge in [-0.3, -0.25) is 10.00 Å². The number of H-pyrrole nitrogens is 1. The molecule has 1 unspecified atom stereocenters. The van der Waals surface area contributed by atoms with Crippen molar-refractivity contribution in [2.45, 2.75) is 52.1 Å². The van der Waals surface area contributed by atoms with Gasteiger partial charge in [0.05, 0.1) is 11.7 Å². The van der Waals surface area contributed by atoms with E-state index in [4.69, 9.17) is 0 Å². The van der Waals surface area contributed by atoms with Crippen LogP contribution in [0.25, 0.3) is 10.9 Å². The molecule has 0 radical (unpaired) electrons. The van der Waals surface area contributed by atoms with Crippen LogP contribution >= 0.6 is 0 Å². The molecular weight excluding hydrogens is 406 g/mol. The Bertz CT molecular complexity index is 1030. The van der Waals surface area contributed by atoms with Crippen molar-refractivity contribution in [2.24, 2.45) is 0 Å². The van der Waals surface area contributed by atoms with Gasteiger partial charge in [-0.25, -0.2) is 4.21 Å². The molecule has 1 saturated heterocycles. The molecule has 31 heavy (non-hydrogen) atoms. The topological polar surface area (TPSA) is 73.1 Å². The van der Waals surface area contributed by atoms with E-state index < -0.39 is 11.0 Å². The van der Waals surface area contributed by atoms with Gasteiger partial charge in [0.1, 0.15) is 11.0 Å². The number of rotatable bonds is 9.